The topological polar surface area (TPSA) is 49.4 Å². The number of rotatable bonds is 9. The van der Waals surface area contributed by atoms with Crippen LogP contribution in [0.1, 0.15) is 48.9 Å². The first-order valence-electron chi connectivity index (χ1n) is 10.2. The van der Waals surface area contributed by atoms with E-state index in [2.05, 4.69) is 5.32 Å². The molecule has 1 unspecified atom stereocenters. The van der Waals surface area contributed by atoms with Crippen LogP contribution in [0.2, 0.25) is 5.02 Å². The van der Waals surface area contributed by atoms with Gasteiger partial charge in [-0.05, 0) is 49.4 Å². The second-order valence-electron chi connectivity index (χ2n) is 7.43. The summed E-state index contributed by atoms with van der Waals surface area (Å²) in [5, 5.41) is 3.54. The van der Waals surface area contributed by atoms with E-state index in [4.69, 9.17) is 11.6 Å². The molecule has 0 radical (unpaired) electrons. The van der Waals surface area contributed by atoms with Gasteiger partial charge in [0.1, 0.15) is 6.04 Å². The van der Waals surface area contributed by atoms with Crippen LogP contribution in [0.4, 0.5) is 0 Å². The highest BCUT2D eigenvalue weighted by Gasteiger charge is 2.29. The van der Waals surface area contributed by atoms with Crippen molar-refractivity contribution in [2.24, 2.45) is 0 Å². The van der Waals surface area contributed by atoms with E-state index in [0.29, 0.717) is 24.5 Å². The van der Waals surface area contributed by atoms with E-state index in [0.717, 1.165) is 28.7 Å². The van der Waals surface area contributed by atoms with Crippen LogP contribution in [0.3, 0.4) is 0 Å². The fourth-order valence-corrected chi connectivity index (χ4v) is 3.55. The van der Waals surface area contributed by atoms with Crippen LogP contribution in [0.5, 0.6) is 0 Å². The zero-order valence-electron chi connectivity index (χ0n) is 17.8. The molecular weight excluding hydrogens is 384 g/mol. The highest BCUT2D eigenvalue weighted by Crippen LogP contribution is 2.21. The largest absolute Gasteiger partial charge is 0.354 e. The van der Waals surface area contributed by atoms with Gasteiger partial charge >= 0.3 is 0 Å². The molecule has 29 heavy (non-hydrogen) atoms. The van der Waals surface area contributed by atoms with Crippen molar-refractivity contribution in [1.29, 1.82) is 0 Å². The van der Waals surface area contributed by atoms with Gasteiger partial charge in [0.25, 0.3) is 0 Å². The van der Waals surface area contributed by atoms with Gasteiger partial charge in [-0.2, -0.15) is 0 Å². The SMILES string of the molecule is CCCNC(=O)C(CC)N(Cc1ccccc1Cl)C(=O)Cc1cc(C)ccc1C. The van der Waals surface area contributed by atoms with Crippen LogP contribution in [0.15, 0.2) is 42.5 Å². The second-order valence-corrected chi connectivity index (χ2v) is 7.84. The van der Waals surface area contributed by atoms with Crippen molar-refractivity contribution < 1.29 is 9.59 Å². The van der Waals surface area contributed by atoms with Crippen LogP contribution >= 0.6 is 11.6 Å². The van der Waals surface area contributed by atoms with E-state index >= 15 is 0 Å². The maximum absolute atomic E-state index is 13.4. The summed E-state index contributed by atoms with van der Waals surface area (Å²) in [6.07, 6.45) is 1.65. The van der Waals surface area contributed by atoms with Gasteiger partial charge in [-0.25, -0.2) is 0 Å². The van der Waals surface area contributed by atoms with E-state index in [-0.39, 0.29) is 18.2 Å². The minimum atomic E-state index is -0.532. The van der Waals surface area contributed by atoms with E-state index < -0.39 is 6.04 Å². The number of hydrogen-bond donors (Lipinski definition) is 1. The van der Waals surface area contributed by atoms with Gasteiger partial charge in [-0.1, -0.05) is 67.4 Å². The smallest absolute Gasteiger partial charge is 0.242 e. The Morgan fingerprint density at radius 1 is 1.07 bits per heavy atom. The minimum absolute atomic E-state index is 0.0721. The van der Waals surface area contributed by atoms with Crippen molar-refractivity contribution in [2.45, 2.75) is 59.5 Å². The monoisotopic (exact) mass is 414 g/mol. The minimum Gasteiger partial charge on any atom is -0.354 e. The molecule has 0 aliphatic rings. The number of halogens is 1. The molecule has 0 spiro atoms. The third-order valence-electron chi connectivity index (χ3n) is 5.08. The van der Waals surface area contributed by atoms with Crippen LogP contribution < -0.4 is 5.32 Å². The summed E-state index contributed by atoms with van der Waals surface area (Å²) in [5.41, 5.74) is 4.02. The van der Waals surface area contributed by atoms with Crippen molar-refractivity contribution in [1.82, 2.24) is 10.2 Å². The first-order chi connectivity index (χ1) is 13.9. The fraction of sp³-hybridized carbons (Fsp3) is 0.417. The molecule has 0 saturated heterocycles. The highest BCUT2D eigenvalue weighted by molar-refractivity contribution is 6.31. The molecule has 4 nitrogen and oxygen atoms in total. The number of carbonyl (C=O) groups excluding carboxylic acids is 2. The molecule has 1 N–H and O–H groups in total. The van der Waals surface area contributed by atoms with E-state index in [1.54, 1.807) is 4.90 Å². The van der Waals surface area contributed by atoms with Gasteiger partial charge in [0.05, 0.1) is 6.42 Å². The lowest BCUT2D eigenvalue weighted by Crippen LogP contribution is -2.49. The fourth-order valence-electron chi connectivity index (χ4n) is 3.35. The van der Waals surface area contributed by atoms with E-state index in [1.807, 2.05) is 70.2 Å². The average molecular weight is 415 g/mol. The number of amides is 2. The average Bonchev–Trinajstić information content (AvgIpc) is 2.70. The molecule has 0 aromatic heterocycles. The third kappa shape index (κ3) is 6.33. The molecule has 1 atom stereocenters. The first kappa shape index (κ1) is 23.0. The maximum Gasteiger partial charge on any atom is 0.242 e. The molecule has 2 aromatic carbocycles. The molecule has 2 aromatic rings. The van der Waals surface area contributed by atoms with Gasteiger partial charge in [0.2, 0.25) is 11.8 Å². The molecule has 0 fully saturated rings. The lowest BCUT2D eigenvalue weighted by Gasteiger charge is -2.31. The standard InChI is InChI=1S/C24H31ClN2O2/c1-5-13-26-24(29)22(6-2)27(16-19-9-7-8-10-21(19)25)23(28)15-20-14-17(3)11-12-18(20)4/h7-12,14,22H,5-6,13,15-16H2,1-4H3,(H,26,29). The van der Waals surface area contributed by atoms with Crippen molar-refractivity contribution >= 4 is 23.4 Å². The molecule has 2 amide bonds. The Balaban J connectivity index is 2.33. The lowest BCUT2D eigenvalue weighted by atomic mass is 10.0. The maximum atomic E-state index is 13.4. The summed E-state index contributed by atoms with van der Waals surface area (Å²) in [4.78, 5) is 27.8. The normalized spacial score (nSPS) is 11.8. The van der Waals surface area contributed by atoms with Crippen molar-refractivity contribution in [2.75, 3.05) is 6.54 Å². The molecule has 2 rings (SSSR count). The summed E-state index contributed by atoms with van der Waals surface area (Å²) in [6, 6.07) is 13.0. The van der Waals surface area contributed by atoms with Gasteiger partial charge < -0.3 is 10.2 Å². The van der Waals surface area contributed by atoms with Gasteiger partial charge in [0.15, 0.2) is 0 Å². The Morgan fingerprint density at radius 2 is 1.79 bits per heavy atom. The quantitative estimate of drug-likeness (QED) is 0.638. The van der Waals surface area contributed by atoms with Crippen molar-refractivity contribution in [3.05, 3.63) is 69.7 Å². The molecule has 0 saturated carbocycles. The summed E-state index contributed by atoms with van der Waals surface area (Å²) in [7, 11) is 0. The first-order valence-corrected chi connectivity index (χ1v) is 10.6. The third-order valence-corrected chi connectivity index (χ3v) is 5.45. The number of carbonyl (C=O) groups is 2. The van der Waals surface area contributed by atoms with Crippen LogP contribution in [-0.2, 0) is 22.6 Å². The zero-order chi connectivity index (χ0) is 21.4. The molecule has 0 heterocycles. The predicted octanol–water partition coefficient (Wildman–Crippen LogP) is 4.83. The number of benzene rings is 2. The Hall–Kier alpha value is -2.33. The van der Waals surface area contributed by atoms with Gasteiger partial charge in [-0.15, -0.1) is 0 Å². The summed E-state index contributed by atoms with van der Waals surface area (Å²) < 4.78 is 0. The Morgan fingerprint density at radius 3 is 2.45 bits per heavy atom. The lowest BCUT2D eigenvalue weighted by molar-refractivity contribution is -0.140. The highest BCUT2D eigenvalue weighted by atomic mass is 35.5. The Kier molecular flexibility index (Phi) is 8.71. The number of aryl methyl sites for hydroxylation is 2. The molecule has 5 heteroatoms. The molecule has 0 aliphatic carbocycles. The molecule has 0 bridgehead atoms. The van der Waals surface area contributed by atoms with Gasteiger partial charge in [0, 0.05) is 18.1 Å². The molecule has 0 aliphatic heterocycles. The van der Waals surface area contributed by atoms with Crippen LogP contribution in [0, 0.1) is 13.8 Å². The van der Waals surface area contributed by atoms with E-state index in [9.17, 15) is 9.59 Å². The molecular formula is C24H31ClN2O2. The Labute approximate surface area is 179 Å². The second kappa shape index (κ2) is 11.0. The van der Waals surface area contributed by atoms with Crippen molar-refractivity contribution in [3.8, 4) is 0 Å². The van der Waals surface area contributed by atoms with Crippen molar-refractivity contribution in [3.63, 3.8) is 0 Å². The number of nitrogens with zero attached hydrogens (tertiary/aromatic N) is 1. The van der Waals surface area contributed by atoms with Crippen LogP contribution in [0.25, 0.3) is 0 Å². The predicted molar refractivity (Wildman–Crippen MR) is 119 cm³/mol. The number of hydrogen-bond acceptors (Lipinski definition) is 2. The van der Waals surface area contributed by atoms with E-state index in [1.165, 1.54) is 0 Å². The summed E-state index contributed by atoms with van der Waals surface area (Å²) in [5.74, 6) is -0.187. The molecule has 156 valence electrons. The zero-order valence-corrected chi connectivity index (χ0v) is 18.6. The van der Waals surface area contributed by atoms with Gasteiger partial charge in [-0.3, -0.25) is 9.59 Å². The summed E-state index contributed by atoms with van der Waals surface area (Å²) >= 11 is 6.35. The summed E-state index contributed by atoms with van der Waals surface area (Å²) in [6.45, 7) is 8.87. The Bertz CT molecular complexity index is 851. The number of nitrogens with one attached hydrogen (secondary N) is 1. The van der Waals surface area contributed by atoms with Crippen LogP contribution in [-0.4, -0.2) is 29.3 Å².